The average Bonchev–Trinajstić information content (AvgIpc) is 2.61. The molecule has 0 radical (unpaired) electrons. The maximum absolute atomic E-state index is 2.65. The lowest BCUT2D eigenvalue weighted by molar-refractivity contribution is 0.305. The van der Waals surface area contributed by atoms with Crippen LogP contribution < -0.4 is 0 Å². The predicted molar refractivity (Wildman–Crippen MR) is 67.0 cm³/mol. The molecule has 0 aliphatic carbocycles. The average molecular weight is 215 g/mol. The first-order chi connectivity index (χ1) is 6.74. The number of nitrogens with zero attached hydrogens (tertiary/aromatic N) is 1. The van der Waals surface area contributed by atoms with Gasteiger partial charge in [0, 0.05) is 6.54 Å². The van der Waals surface area contributed by atoms with E-state index in [1.807, 2.05) is 0 Å². The van der Waals surface area contributed by atoms with Crippen molar-refractivity contribution in [3.05, 3.63) is 0 Å². The summed E-state index contributed by atoms with van der Waals surface area (Å²) in [5.41, 5.74) is 0. The highest BCUT2D eigenvalue weighted by Crippen LogP contribution is 2.23. The fourth-order valence-corrected chi connectivity index (χ4v) is 2.77. The van der Waals surface area contributed by atoms with Crippen LogP contribution in [0, 0.1) is 11.8 Å². The summed E-state index contributed by atoms with van der Waals surface area (Å²) in [6.07, 6.45) is 2.81. The molecule has 1 heterocycles. The van der Waals surface area contributed by atoms with Crippen LogP contribution in [0.4, 0.5) is 0 Å². The lowest BCUT2D eigenvalue weighted by atomic mass is 9.95. The normalized spacial score (nSPS) is 23.6. The first-order valence-electron chi connectivity index (χ1n) is 6.04. The van der Waals surface area contributed by atoms with Crippen molar-refractivity contribution in [3.63, 3.8) is 0 Å². The van der Waals surface area contributed by atoms with Gasteiger partial charge in [0.1, 0.15) is 0 Å². The molecule has 1 fully saturated rings. The standard InChI is InChI=1S/C12H25NS/c1-4-14-9-5-7-13-8-6-12(10-13)11(2)3/h11-12H,4-10H2,1-3H3. The summed E-state index contributed by atoms with van der Waals surface area (Å²) in [5, 5.41) is 0. The van der Waals surface area contributed by atoms with Crippen molar-refractivity contribution < 1.29 is 0 Å². The highest BCUT2D eigenvalue weighted by Gasteiger charge is 2.23. The number of hydrogen-bond donors (Lipinski definition) is 0. The number of hydrogen-bond acceptors (Lipinski definition) is 2. The van der Waals surface area contributed by atoms with Gasteiger partial charge in [-0.1, -0.05) is 20.8 Å². The molecule has 0 aromatic heterocycles. The van der Waals surface area contributed by atoms with Gasteiger partial charge in [0.15, 0.2) is 0 Å². The third-order valence-corrected chi connectivity index (χ3v) is 4.20. The van der Waals surface area contributed by atoms with Gasteiger partial charge in [0.05, 0.1) is 0 Å². The highest BCUT2D eigenvalue weighted by atomic mass is 32.2. The Morgan fingerprint density at radius 2 is 2.21 bits per heavy atom. The largest absolute Gasteiger partial charge is 0.303 e. The van der Waals surface area contributed by atoms with Gasteiger partial charge in [-0.25, -0.2) is 0 Å². The molecule has 1 nitrogen and oxygen atoms in total. The summed E-state index contributed by atoms with van der Waals surface area (Å²) in [6, 6.07) is 0. The van der Waals surface area contributed by atoms with Crippen LogP contribution in [-0.2, 0) is 0 Å². The summed E-state index contributed by atoms with van der Waals surface area (Å²) < 4.78 is 0. The molecule has 0 aromatic carbocycles. The molecule has 14 heavy (non-hydrogen) atoms. The molecule has 0 N–H and O–H groups in total. The topological polar surface area (TPSA) is 3.24 Å². The number of likely N-dealkylation sites (tertiary alicyclic amines) is 1. The summed E-state index contributed by atoms with van der Waals surface area (Å²) in [6.45, 7) is 11.0. The van der Waals surface area contributed by atoms with Crippen molar-refractivity contribution in [2.75, 3.05) is 31.1 Å². The zero-order valence-corrected chi connectivity index (χ0v) is 10.8. The lowest BCUT2D eigenvalue weighted by Gasteiger charge is -2.17. The Labute approximate surface area is 93.6 Å². The lowest BCUT2D eigenvalue weighted by Crippen LogP contribution is -2.23. The van der Waals surface area contributed by atoms with E-state index in [9.17, 15) is 0 Å². The van der Waals surface area contributed by atoms with E-state index in [-0.39, 0.29) is 0 Å². The van der Waals surface area contributed by atoms with Gasteiger partial charge in [-0.05, 0) is 49.3 Å². The Morgan fingerprint density at radius 3 is 2.79 bits per heavy atom. The van der Waals surface area contributed by atoms with Crippen molar-refractivity contribution in [3.8, 4) is 0 Å². The second-order valence-electron chi connectivity index (χ2n) is 4.64. The van der Waals surface area contributed by atoms with E-state index in [2.05, 4.69) is 37.4 Å². The molecular formula is C12H25NS. The van der Waals surface area contributed by atoms with Gasteiger partial charge in [0.2, 0.25) is 0 Å². The molecular weight excluding hydrogens is 190 g/mol. The van der Waals surface area contributed by atoms with E-state index in [4.69, 9.17) is 0 Å². The molecule has 1 rings (SSSR count). The molecule has 0 bridgehead atoms. The van der Waals surface area contributed by atoms with Crippen LogP contribution in [0.25, 0.3) is 0 Å². The molecule has 1 aliphatic heterocycles. The minimum atomic E-state index is 0.880. The summed E-state index contributed by atoms with van der Waals surface area (Å²) in [4.78, 5) is 2.65. The fraction of sp³-hybridized carbons (Fsp3) is 1.00. The highest BCUT2D eigenvalue weighted by molar-refractivity contribution is 7.99. The smallest absolute Gasteiger partial charge is 0.00126 e. The maximum atomic E-state index is 2.65. The van der Waals surface area contributed by atoms with Gasteiger partial charge in [-0.15, -0.1) is 0 Å². The van der Waals surface area contributed by atoms with E-state index in [1.165, 1.54) is 44.0 Å². The second-order valence-corrected chi connectivity index (χ2v) is 6.04. The minimum absolute atomic E-state index is 0.880. The van der Waals surface area contributed by atoms with Crippen LogP contribution >= 0.6 is 11.8 Å². The zero-order chi connectivity index (χ0) is 10.4. The molecule has 1 saturated heterocycles. The first-order valence-corrected chi connectivity index (χ1v) is 7.19. The monoisotopic (exact) mass is 215 g/mol. The Balaban J connectivity index is 2.04. The molecule has 0 spiro atoms. The Bertz CT molecular complexity index is 147. The van der Waals surface area contributed by atoms with Gasteiger partial charge < -0.3 is 4.90 Å². The van der Waals surface area contributed by atoms with Crippen LogP contribution in [0.1, 0.15) is 33.6 Å². The molecule has 1 atom stereocenters. The van der Waals surface area contributed by atoms with Crippen molar-refractivity contribution >= 4 is 11.8 Å². The van der Waals surface area contributed by atoms with E-state index in [0.29, 0.717) is 0 Å². The number of thioether (sulfide) groups is 1. The SMILES string of the molecule is CCSCCCN1CCC(C(C)C)C1. The van der Waals surface area contributed by atoms with Crippen molar-refractivity contribution in [1.82, 2.24) is 4.90 Å². The van der Waals surface area contributed by atoms with Crippen LogP contribution in [0.15, 0.2) is 0 Å². The molecule has 0 aromatic rings. The third kappa shape index (κ3) is 4.22. The first kappa shape index (κ1) is 12.4. The predicted octanol–water partition coefficient (Wildman–Crippen LogP) is 3.11. The van der Waals surface area contributed by atoms with E-state index in [0.717, 1.165) is 11.8 Å². The Kier molecular flexibility index (Phi) is 5.95. The van der Waals surface area contributed by atoms with Crippen LogP contribution in [0.2, 0.25) is 0 Å². The van der Waals surface area contributed by atoms with Gasteiger partial charge >= 0.3 is 0 Å². The zero-order valence-electron chi connectivity index (χ0n) is 9.96. The van der Waals surface area contributed by atoms with E-state index in [1.54, 1.807) is 0 Å². The fourth-order valence-electron chi connectivity index (χ4n) is 2.14. The molecule has 0 saturated carbocycles. The van der Waals surface area contributed by atoms with Crippen LogP contribution in [-0.4, -0.2) is 36.0 Å². The summed E-state index contributed by atoms with van der Waals surface area (Å²) >= 11 is 2.07. The van der Waals surface area contributed by atoms with Gasteiger partial charge in [-0.3, -0.25) is 0 Å². The third-order valence-electron chi connectivity index (χ3n) is 3.22. The van der Waals surface area contributed by atoms with Crippen molar-refractivity contribution in [1.29, 1.82) is 0 Å². The molecule has 2 heteroatoms. The minimum Gasteiger partial charge on any atom is -0.303 e. The Morgan fingerprint density at radius 1 is 1.43 bits per heavy atom. The quantitative estimate of drug-likeness (QED) is 0.626. The van der Waals surface area contributed by atoms with E-state index >= 15 is 0 Å². The second kappa shape index (κ2) is 6.73. The molecule has 0 amide bonds. The number of rotatable bonds is 6. The Hall–Kier alpha value is 0.310. The van der Waals surface area contributed by atoms with Gasteiger partial charge in [0.25, 0.3) is 0 Å². The molecule has 84 valence electrons. The molecule has 1 aliphatic rings. The van der Waals surface area contributed by atoms with Crippen molar-refractivity contribution in [2.45, 2.75) is 33.6 Å². The van der Waals surface area contributed by atoms with Crippen LogP contribution in [0.3, 0.4) is 0 Å². The van der Waals surface area contributed by atoms with Crippen molar-refractivity contribution in [2.24, 2.45) is 11.8 Å². The van der Waals surface area contributed by atoms with Crippen LogP contribution in [0.5, 0.6) is 0 Å². The van der Waals surface area contributed by atoms with Gasteiger partial charge in [-0.2, -0.15) is 11.8 Å². The molecule has 1 unspecified atom stereocenters. The van der Waals surface area contributed by atoms with E-state index < -0.39 is 0 Å². The summed E-state index contributed by atoms with van der Waals surface area (Å²) in [7, 11) is 0. The maximum Gasteiger partial charge on any atom is 0.00126 e. The summed E-state index contributed by atoms with van der Waals surface area (Å²) in [5.74, 6) is 4.47.